The minimum Gasteiger partial charge on any atom is -0.489 e. The molecular weight excluding hydrogens is 317 g/mol. The number of aromatic nitrogens is 1. The summed E-state index contributed by atoms with van der Waals surface area (Å²) in [5, 5.41) is 3.74. The molecule has 2 aromatic rings. The van der Waals surface area contributed by atoms with Gasteiger partial charge in [0, 0.05) is 18.0 Å². The lowest BCUT2D eigenvalue weighted by molar-refractivity contribution is 0.0901. The summed E-state index contributed by atoms with van der Waals surface area (Å²) in [6.45, 7) is 5.05. The maximum atomic E-state index is 13.4. The Morgan fingerprint density at radius 1 is 1.43 bits per heavy atom. The fourth-order valence-electron chi connectivity index (χ4n) is 2.97. The summed E-state index contributed by atoms with van der Waals surface area (Å²) in [6.07, 6.45) is 0.700. The quantitative estimate of drug-likeness (QED) is 0.872. The number of carbonyl (C=O) groups excluding carboxylic acids is 1. The zero-order valence-corrected chi connectivity index (χ0v) is 13.7. The van der Waals surface area contributed by atoms with E-state index in [0.717, 1.165) is 16.5 Å². The van der Waals surface area contributed by atoms with E-state index in [-0.39, 0.29) is 17.3 Å². The van der Waals surface area contributed by atoms with Crippen molar-refractivity contribution >= 4 is 28.1 Å². The third-order valence-electron chi connectivity index (χ3n) is 3.97. The Morgan fingerprint density at radius 2 is 2.26 bits per heavy atom. The molecule has 1 amide bonds. The van der Waals surface area contributed by atoms with Crippen molar-refractivity contribution in [1.29, 1.82) is 0 Å². The van der Waals surface area contributed by atoms with Crippen molar-refractivity contribution in [3.63, 3.8) is 0 Å². The molecule has 7 heteroatoms. The highest BCUT2D eigenvalue weighted by Gasteiger charge is 2.34. The minimum atomic E-state index is -0.329. The molecule has 0 saturated carbocycles. The van der Waals surface area contributed by atoms with Crippen LogP contribution in [0.4, 0.5) is 15.2 Å². The monoisotopic (exact) mass is 333 g/mol. The van der Waals surface area contributed by atoms with E-state index in [0.29, 0.717) is 30.2 Å². The number of thiazole rings is 1. The van der Waals surface area contributed by atoms with Gasteiger partial charge in [-0.2, -0.15) is 0 Å². The van der Waals surface area contributed by atoms with E-state index in [1.54, 1.807) is 6.07 Å². The van der Waals surface area contributed by atoms with E-state index in [1.807, 2.05) is 18.7 Å². The number of nitrogens with one attached hydrogen (secondary N) is 1. The summed E-state index contributed by atoms with van der Waals surface area (Å²) in [4.78, 5) is 19.6. The lowest BCUT2D eigenvalue weighted by Gasteiger charge is -2.29. The summed E-state index contributed by atoms with van der Waals surface area (Å²) in [6, 6.07) is 4.48. The molecule has 1 N–H and O–H groups in total. The number of hydrogen-bond donors (Lipinski definition) is 1. The van der Waals surface area contributed by atoms with Crippen molar-refractivity contribution in [3.05, 3.63) is 34.6 Å². The van der Waals surface area contributed by atoms with Crippen LogP contribution in [0.15, 0.2) is 18.2 Å². The van der Waals surface area contributed by atoms with Crippen LogP contribution in [0.5, 0.6) is 5.75 Å². The highest BCUT2D eigenvalue weighted by molar-refractivity contribution is 7.17. The lowest BCUT2D eigenvalue weighted by atomic mass is 9.94. The Kier molecular flexibility index (Phi) is 3.09. The summed E-state index contributed by atoms with van der Waals surface area (Å²) in [7, 11) is 0. The normalized spacial score (nSPS) is 18.7. The molecule has 0 spiro atoms. The minimum absolute atomic E-state index is 0.0763. The number of halogens is 1. The van der Waals surface area contributed by atoms with Gasteiger partial charge in [-0.05, 0) is 26.0 Å². The van der Waals surface area contributed by atoms with Gasteiger partial charge in [0.2, 0.25) is 0 Å². The number of amides is 1. The van der Waals surface area contributed by atoms with Crippen LogP contribution >= 0.6 is 11.3 Å². The first-order valence-electron chi connectivity index (χ1n) is 7.45. The highest BCUT2D eigenvalue weighted by atomic mass is 32.1. The fourth-order valence-corrected chi connectivity index (χ4v) is 3.99. The molecule has 23 heavy (non-hydrogen) atoms. The summed E-state index contributed by atoms with van der Waals surface area (Å²) in [5.74, 6) is 0.104. The van der Waals surface area contributed by atoms with E-state index in [9.17, 15) is 9.18 Å². The molecule has 120 valence electrons. The van der Waals surface area contributed by atoms with Gasteiger partial charge in [-0.1, -0.05) is 11.3 Å². The smallest absolute Gasteiger partial charge is 0.263 e. The van der Waals surface area contributed by atoms with Crippen molar-refractivity contribution < 1.29 is 13.9 Å². The average molecular weight is 333 g/mol. The topological polar surface area (TPSA) is 54.5 Å². The van der Waals surface area contributed by atoms with Crippen LogP contribution in [-0.4, -0.2) is 29.6 Å². The second-order valence-corrected chi connectivity index (χ2v) is 7.38. The number of hydrogen-bond acceptors (Lipinski definition) is 5. The van der Waals surface area contributed by atoms with Crippen LogP contribution in [0.1, 0.15) is 29.2 Å². The molecule has 5 nitrogen and oxygen atoms in total. The number of anilines is 2. The van der Waals surface area contributed by atoms with E-state index < -0.39 is 0 Å². The van der Waals surface area contributed by atoms with Gasteiger partial charge < -0.3 is 15.0 Å². The standard InChI is InChI=1S/C16H16FN3O2S/c1-16(2)8-10-13(14(21)19-16)23-15(18-10)20-5-6-22-12-7-9(17)3-4-11(12)20/h3-4,7H,5-6,8H2,1-2H3,(H,19,21). The predicted octanol–water partition coefficient (Wildman–Crippen LogP) is 2.88. The van der Waals surface area contributed by atoms with Crippen molar-refractivity contribution in [3.8, 4) is 5.75 Å². The molecule has 1 aromatic heterocycles. The highest BCUT2D eigenvalue weighted by Crippen LogP contribution is 2.40. The fraction of sp³-hybridized carbons (Fsp3) is 0.375. The average Bonchev–Trinajstić information content (AvgIpc) is 2.88. The Balaban J connectivity index is 1.75. The second-order valence-electron chi connectivity index (χ2n) is 6.40. The summed E-state index contributed by atoms with van der Waals surface area (Å²) in [5.41, 5.74) is 1.32. The van der Waals surface area contributed by atoms with Crippen LogP contribution in [0.3, 0.4) is 0 Å². The molecule has 2 aliphatic rings. The second kappa shape index (κ2) is 4.92. The Labute approximate surface area is 137 Å². The van der Waals surface area contributed by atoms with Crippen molar-refractivity contribution in [2.24, 2.45) is 0 Å². The third-order valence-corrected chi connectivity index (χ3v) is 5.09. The van der Waals surface area contributed by atoms with Gasteiger partial charge in [-0.25, -0.2) is 9.37 Å². The first kappa shape index (κ1) is 14.4. The SMILES string of the molecule is CC1(C)Cc2nc(N3CCOc4cc(F)ccc43)sc2C(=O)N1. The van der Waals surface area contributed by atoms with Gasteiger partial charge in [0.25, 0.3) is 5.91 Å². The number of ether oxygens (including phenoxy) is 1. The van der Waals surface area contributed by atoms with Gasteiger partial charge in [0.15, 0.2) is 5.13 Å². The van der Waals surface area contributed by atoms with E-state index >= 15 is 0 Å². The van der Waals surface area contributed by atoms with Gasteiger partial charge >= 0.3 is 0 Å². The molecule has 0 bridgehead atoms. The van der Waals surface area contributed by atoms with Crippen LogP contribution in [0.2, 0.25) is 0 Å². The third kappa shape index (κ3) is 2.45. The first-order valence-corrected chi connectivity index (χ1v) is 8.27. The van der Waals surface area contributed by atoms with Crippen LogP contribution in [0, 0.1) is 5.82 Å². The van der Waals surface area contributed by atoms with E-state index in [2.05, 4.69) is 10.3 Å². The van der Waals surface area contributed by atoms with Gasteiger partial charge in [0.1, 0.15) is 23.1 Å². The van der Waals surface area contributed by atoms with Crippen LogP contribution in [-0.2, 0) is 6.42 Å². The summed E-state index contributed by atoms with van der Waals surface area (Å²) >= 11 is 1.37. The molecule has 0 unspecified atom stereocenters. The zero-order chi connectivity index (χ0) is 16.2. The van der Waals surface area contributed by atoms with E-state index in [4.69, 9.17) is 4.74 Å². The Hall–Kier alpha value is -2.15. The zero-order valence-electron chi connectivity index (χ0n) is 12.9. The number of carbonyl (C=O) groups is 1. The van der Waals surface area contributed by atoms with Crippen LogP contribution in [0.25, 0.3) is 0 Å². The molecule has 0 aliphatic carbocycles. The van der Waals surface area contributed by atoms with Crippen LogP contribution < -0.4 is 15.0 Å². The first-order chi connectivity index (χ1) is 10.9. The number of nitrogens with zero attached hydrogens (tertiary/aromatic N) is 2. The molecular formula is C16H16FN3O2S. The molecule has 0 saturated heterocycles. The lowest BCUT2D eigenvalue weighted by Crippen LogP contribution is -2.48. The molecule has 3 heterocycles. The molecule has 0 radical (unpaired) electrons. The van der Waals surface area contributed by atoms with Crippen molar-refractivity contribution in [1.82, 2.24) is 10.3 Å². The largest absolute Gasteiger partial charge is 0.489 e. The maximum Gasteiger partial charge on any atom is 0.263 e. The summed E-state index contributed by atoms with van der Waals surface area (Å²) < 4.78 is 18.9. The molecule has 1 aromatic carbocycles. The van der Waals surface area contributed by atoms with Crippen molar-refractivity contribution in [2.75, 3.05) is 18.1 Å². The van der Waals surface area contributed by atoms with E-state index in [1.165, 1.54) is 23.5 Å². The van der Waals surface area contributed by atoms with Gasteiger partial charge in [0.05, 0.1) is 17.9 Å². The Bertz CT molecular complexity index is 803. The molecule has 4 rings (SSSR count). The van der Waals surface area contributed by atoms with Crippen molar-refractivity contribution in [2.45, 2.75) is 25.8 Å². The molecule has 2 aliphatic heterocycles. The maximum absolute atomic E-state index is 13.4. The molecule has 0 fully saturated rings. The Morgan fingerprint density at radius 3 is 3.09 bits per heavy atom. The number of fused-ring (bicyclic) bond motifs is 2. The predicted molar refractivity (Wildman–Crippen MR) is 86.3 cm³/mol. The van der Waals surface area contributed by atoms with Gasteiger partial charge in [-0.15, -0.1) is 0 Å². The molecule has 0 atom stereocenters. The van der Waals surface area contributed by atoms with Gasteiger partial charge in [-0.3, -0.25) is 4.79 Å². The number of benzene rings is 1. The number of rotatable bonds is 1.